The van der Waals surface area contributed by atoms with Gasteiger partial charge in [-0.3, -0.25) is 4.79 Å². The summed E-state index contributed by atoms with van der Waals surface area (Å²) in [6, 6.07) is 11.3. The third kappa shape index (κ3) is 6.40. The smallest absolute Gasteiger partial charge is 0.224 e. The number of halogens is 1. The van der Waals surface area contributed by atoms with Crippen LogP contribution in [0.5, 0.6) is 0 Å². The first-order valence-electron chi connectivity index (χ1n) is 10.3. The Kier molecular flexibility index (Phi) is 9.07. The first kappa shape index (κ1) is 24.6. The standard InChI is InChI=1S/C23H31BrN2O3S/c1-5-17-13-20(24)10-9-18(17)7-6-8-23(27)26-21-11-12-22(19(14-21)15-25-4)30(28,29)16(2)3/h9-14,16,25H,5-8,15H2,1-4H3,(H,26,27). The van der Waals surface area contributed by atoms with E-state index in [2.05, 4.69) is 45.6 Å². The van der Waals surface area contributed by atoms with Crippen LogP contribution in [0.4, 0.5) is 5.69 Å². The zero-order valence-corrected chi connectivity index (χ0v) is 20.5. The predicted octanol–water partition coefficient (Wildman–Crippen LogP) is 4.87. The van der Waals surface area contributed by atoms with Crippen LogP contribution in [-0.4, -0.2) is 26.6 Å². The number of carbonyl (C=O) groups is 1. The first-order valence-corrected chi connectivity index (χ1v) is 12.6. The minimum atomic E-state index is -3.39. The summed E-state index contributed by atoms with van der Waals surface area (Å²) in [7, 11) is -1.62. The van der Waals surface area contributed by atoms with Gasteiger partial charge in [0.1, 0.15) is 0 Å². The maximum atomic E-state index is 12.6. The molecule has 0 fully saturated rings. The Hall–Kier alpha value is -1.70. The number of amides is 1. The molecular formula is C23H31BrN2O3S. The lowest BCUT2D eigenvalue weighted by Gasteiger charge is -2.15. The second-order valence-corrected chi connectivity index (χ2v) is 11.0. The van der Waals surface area contributed by atoms with Gasteiger partial charge in [-0.25, -0.2) is 8.42 Å². The third-order valence-corrected chi connectivity index (χ3v) is 7.78. The van der Waals surface area contributed by atoms with Crippen molar-refractivity contribution in [3.8, 4) is 0 Å². The zero-order valence-electron chi connectivity index (χ0n) is 18.1. The largest absolute Gasteiger partial charge is 0.326 e. The van der Waals surface area contributed by atoms with E-state index in [1.54, 1.807) is 39.1 Å². The molecular weight excluding hydrogens is 464 g/mol. The van der Waals surface area contributed by atoms with Gasteiger partial charge in [-0.15, -0.1) is 0 Å². The number of sulfone groups is 1. The highest BCUT2D eigenvalue weighted by atomic mass is 79.9. The molecule has 5 nitrogen and oxygen atoms in total. The topological polar surface area (TPSA) is 75.3 Å². The van der Waals surface area contributed by atoms with Crippen molar-refractivity contribution >= 4 is 37.4 Å². The van der Waals surface area contributed by atoms with Crippen molar-refractivity contribution in [3.63, 3.8) is 0 Å². The normalized spacial score (nSPS) is 11.7. The molecule has 0 atom stereocenters. The van der Waals surface area contributed by atoms with Crippen LogP contribution in [0.3, 0.4) is 0 Å². The van der Waals surface area contributed by atoms with Gasteiger partial charge < -0.3 is 10.6 Å². The number of aryl methyl sites for hydroxylation is 2. The molecule has 2 aromatic rings. The zero-order chi connectivity index (χ0) is 22.3. The maximum Gasteiger partial charge on any atom is 0.224 e. The number of anilines is 1. The summed E-state index contributed by atoms with van der Waals surface area (Å²) in [4.78, 5) is 12.7. The van der Waals surface area contributed by atoms with Crippen molar-refractivity contribution < 1.29 is 13.2 Å². The Balaban J connectivity index is 2.04. The molecule has 30 heavy (non-hydrogen) atoms. The molecule has 7 heteroatoms. The molecule has 0 aliphatic carbocycles. The van der Waals surface area contributed by atoms with Crippen molar-refractivity contribution in [2.24, 2.45) is 0 Å². The Morgan fingerprint density at radius 1 is 1.07 bits per heavy atom. The SMILES string of the molecule is CCc1cc(Br)ccc1CCCC(=O)Nc1ccc(S(=O)(=O)C(C)C)c(CNC)c1. The Morgan fingerprint density at radius 2 is 1.80 bits per heavy atom. The van der Waals surface area contributed by atoms with E-state index >= 15 is 0 Å². The van der Waals surface area contributed by atoms with E-state index in [0.717, 1.165) is 23.7 Å². The van der Waals surface area contributed by atoms with E-state index in [4.69, 9.17) is 0 Å². The number of rotatable bonds is 10. The highest BCUT2D eigenvalue weighted by Gasteiger charge is 2.22. The highest BCUT2D eigenvalue weighted by Crippen LogP contribution is 2.24. The first-order chi connectivity index (χ1) is 14.2. The Labute approximate surface area is 188 Å². The van der Waals surface area contributed by atoms with Gasteiger partial charge in [-0.2, -0.15) is 0 Å². The molecule has 0 heterocycles. The molecule has 0 aliphatic rings. The number of hydrogen-bond acceptors (Lipinski definition) is 4. The molecule has 1 amide bonds. The fraction of sp³-hybridized carbons (Fsp3) is 0.435. The summed E-state index contributed by atoms with van der Waals surface area (Å²) < 4.78 is 26.3. The number of benzene rings is 2. The number of nitrogens with one attached hydrogen (secondary N) is 2. The molecule has 0 radical (unpaired) electrons. The van der Waals surface area contributed by atoms with E-state index in [9.17, 15) is 13.2 Å². The Morgan fingerprint density at radius 3 is 2.43 bits per heavy atom. The maximum absolute atomic E-state index is 12.6. The van der Waals surface area contributed by atoms with Gasteiger partial charge in [0.25, 0.3) is 0 Å². The monoisotopic (exact) mass is 494 g/mol. The molecule has 0 saturated carbocycles. The Bertz CT molecular complexity index is 988. The molecule has 0 saturated heterocycles. The van der Waals surface area contributed by atoms with Gasteiger partial charge in [-0.05, 0) is 87.2 Å². The summed E-state index contributed by atoms with van der Waals surface area (Å²) in [5, 5.41) is 5.41. The lowest BCUT2D eigenvalue weighted by Crippen LogP contribution is -2.19. The van der Waals surface area contributed by atoms with Gasteiger partial charge >= 0.3 is 0 Å². The summed E-state index contributed by atoms with van der Waals surface area (Å²) in [6.07, 6.45) is 2.97. The van der Waals surface area contributed by atoms with E-state index in [1.165, 1.54) is 11.1 Å². The summed E-state index contributed by atoms with van der Waals surface area (Å²) >= 11 is 3.50. The number of carbonyl (C=O) groups excluding carboxylic acids is 1. The summed E-state index contributed by atoms with van der Waals surface area (Å²) in [5.74, 6) is -0.0694. The summed E-state index contributed by atoms with van der Waals surface area (Å²) in [6.45, 7) is 5.88. The minimum Gasteiger partial charge on any atom is -0.326 e. The van der Waals surface area contributed by atoms with Crippen LogP contribution in [0.1, 0.15) is 50.3 Å². The second kappa shape index (κ2) is 11.1. The van der Waals surface area contributed by atoms with Crippen LogP contribution < -0.4 is 10.6 Å². The molecule has 2 N–H and O–H groups in total. The number of hydrogen-bond donors (Lipinski definition) is 2. The van der Waals surface area contributed by atoms with Crippen molar-refractivity contribution in [3.05, 3.63) is 57.6 Å². The van der Waals surface area contributed by atoms with E-state index in [-0.39, 0.29) is 5.91 Å². The van der Waals surface area contributed by atoms with Crippen molar-refractivity contribution in [1.29, 1.82) is 0 Å². The van der Waals surface area contributed by atoms with Crippen LogP contribution in [0, 0.1) is 0 Å². The van der Waals surface area contributed by atoms with Crippen LogP contribution in [0.15, 0.2) is 45.8 Å². The van der Waals surface area contributed by atoms with Gasteiger partial charge in [0, 0.05) is 23.1 Å². The van der Waals surface area contributed by atoms with E-state index < -0.39 is 15.1 Å². The van der Waals surface area contributed by atoms with Crippen molar-refractivity contribution in [2.45, 2.75) is 63.1 Å². The van der Waals surface area contributed by atoms with E-state index in [1.807, 2.05) is 6.07 Å². The van der Waals surface area contributed by atoms with Gasteiger partial charge in [0.05, 0.1) is 10.1 Å². The van der Waals surface area contributed by atoms with Crippen LogP contribution in [-0.2, 0) is 34.0 Å². The molecule has 2 aromatic carbocycles. The van der Waals surface area contributed by atoms with Crippen LogP contribution >= 0.6 is 15.9 Å². The lowest BCUT2D eigenvalue weighted by atomic mass is 10.00. The predicted molar refractivity (Wildman–Crippen MR) is 127 cm³/mol. The molecule has 2 rings (SSSR count). The van der Waals surface area contributed by atoms with Crippen LogP contribution in [0.25, 0.3) is 0 Å². The molecule has 164 valence electrons. The van der Waals surface area contributed by atoms with Gasteiger partial charge in [0.15, 0.2) is 9.84 Å². The molecule has 0 aromatic heterocycles. The average molecular weight is 495 g/mol. The van der Waals surface area contributed by atoms with E-state index in [0.29, 0.717) is 29.1 Å². The fourth-order valence-corrected chi connectivity index (χ4v) is 5.02. The third-order valence-electron chi connectivity index (χ3n) is 5.04. The molecule has 0 aliphatic heterocycles. The van der Waals surface area contributed by atoms with Crippen molar-refractivity contribution in [2.75, 3.05) is 12.4 Å². The lowest BCUT2D eigenvalue weighted by molar-refractivity contribution is -0.116. The second-order valence-electron chi connectivity index (χ2n) is 7.61. The van der Waals surface area contributed by atoms with Gasteiger partial charge in [0.2, 0.25) is 5.91 Å². The molecule has 0 unspecified atom stereocenters. The summed E-state index contributed by atoms with van der Waals surface area (Å²) in [5.41, 5.74) is 3.84. The quantitative estimate of drug-likeness (QED) is 0.493. The highest BCUT2D eigenvalue weighted by molar-refractivity contribution is 9.10. The van der Waals surface area contributed by atoms with Crippen molar-refractivity contribution in [1.82, 2.24) is 5.32 Å². The molecule has 0 spiro atoms. The average Bonchev–Trinajstić information content (AvgIpc) is 2.69. The minimum absolute atomic E-state index is 0.0694. The van der Waals surface area contributed by atoms with Crippen LogP contribution in [0.2, 0.25) is 0 Å². The molecule has 0 bridgehead atoms. The fourth-order valence-electron chi connectivity index (χ4n) is 3.35. The van der Waals surface area contributed by atoms with Gasteiger partial charge in [-0.1, -0.05) is 28.9 Å².